The van der Waals surface area contributed by atoms with E-state index >= 15 is 0 Å². The normalized spacial score (nSPS) is 14.1. The lowest BCUT2D eigenvalue weighted by molar-refractivity contribution is 0.242. The molecule has 0 amide bonds. The zero-order valence-electron chi connectivity index (χ0n) is 13.5. The highest BCUT2D eigenvalue weighted by molar-refractivity contribution is 7.74. The fourth-order valence-electron chi connectivity index (χ4n) is 2.19. The molecule has 0 aliphatic carbocycles. The maximum atomic E-state index is 13.5. The van der Waals surface area contributed by atoms with Gasteiger partial charge in [-0.15, -0.1) is 0 Å². The number of hydrogen-bond acceptors (Lipinski definition) is 3. The molecule has 0 N–H and O–H groups in total. The van der Waals surface area contributed by atoms with E-state index in [1.807, 2.05) is 82.3 Å². The van der Waals surface area contributed by atoms with Gasteiger partial charge in [-0.1, -0.05) is 18.2 Å². The van der Waals surface area contributed by atoms with E-state index in [1.165, 1.54) is 0 Å². The topological polar surface area (TPSA) is 35.5 Å². The minimum absolute atomic E-state index is 0.110. The van der Waals surface area contributed by atoms with Crippen LogP contribution in [-0.2, 0) is 9.09 Å². The summed E-state index contributed by atoms with van der Waals surface area (Å²) in [4.78, 5) is 0. The van der Waals surface area contributed by atoms with Gasteiger partial charge in [-0.2, -0.15) is 0 Å². The maximum Gasteiger partial charge on any atom is 0.261 e. The van der Waals surface area contributed by atoms with Crippen LogP contribution in [0.3, 0.4) is 0 Å². The van der Waals surface area contributed by atoms with Gasteiger partial charge in [-0.05, 0) is 64.1 Å². The molecule has 1 atom stereocenters. The molecule has 1 unspecified atom stereocenters. The van der Waals surface area contributed by atoms with E-state index in [0.29, 0.717) is 10.6 Å². The first-order valence-electron chi connectivity index (χ1n) is 7.53. The molecule has 0 bridgehead atoms. The maximum absolute atomic E-state index is 13.5. The molecular formula is C18H23O3P. The quantitative estimate of drug-likeness (QED) is 0.751. The lowest BCUT2D eigenvalue weighted by atomic mass is 10.3. The average Bonchev–Trinajstić information content (AvgIpc) is 2.47. The zero-order chi connectivity index (χ0) is 16.2. The fraction of sp³-hybridized carbons (Fsp3) is 0.333. The lowest BCUT2D eigenvalue weighted by Gasteiger charge is -2.22. The summed E-state index contributed by atoms with van der Waals surface area (Å²) in [5.41, 5.74) is 0. The van der Waals surface area contributed by atoms with Crippen molar-refractivity contribution >= 4 is 18.0 Å². The largest absolute Gasteiger partial charge is 0.491 e. The summed E-state index contributed by atoms with van der Waals surface area (Å²) >= 11 is 0. The van der Waals surface area contributed by atoms with Crippen molar-refractivity contribution in [2.24, 2.45) is 0 Å². The summed E-state index contributed by atoms with van der Waals surface area (Å²) in [5, 5.41) is 1.39. The monoisotopic (exact) mass is 318 g/mol. The van der Waals surface area contributed by atoms with Gasteiger partial charge in [-0.25, -0.2) is 0 Å². The van der Waals surface area contributed by atoms with Crippen LogP contribution in [-0.4, -0.2) is 12.2 Å². The van der Waals surface area contributed by atoms with E-state index in [9.17, 15) is 4.57 Å². The third kappa shape index (κ3) is 4.00. The van der Waals surface area contributed by atoms with E-state index in [-0.39, 0.29) is 12.2 Å². The first kappa shape index (κ1) is 16.8. The van der Waals surface area contributed by atoms with E-state index in [0.717, 1.165) is 5.75 Å². The van der Waals surface area contributed by atoms with Crippen molar-refractivity contribution in [3.63, 3.8) is 0 Å². The average molecular weight is 318 g/mol. The predicted molar refractivity (Wildman–Crippen MR) is 91.7 cm³/mol. The number of benzene rings is 2. The Morgan fingerprint density at radius 2 is 1.32 bits per heavy atom. The van der Waals surface area contributed by atoms with Crippen LogP contribution in [0.25, 0.3) is 0 Å². The molecule has 0 aliphatic heterocycles. The molecule has 0 heterocycles. The first-order chi connectivity index (χ1) is 10.4. The molecule has 0 spiro atoms. The SMILES string of the molecule is CC(C)Oc1ccc(P(=O)(OC(C)C)c2ccccc2)cc1. The van der Waals surface area contributed by atoms with Gasteiger partial charge in [-0.3, -0.25) is 4.57 Å². The first-order valence-corrected chi connectivity index (χ1v) is 9.15. The minimum Gasteiger partial charge on any atom is -0.491 e. The second-order valence-electron chi connectivity index (χ2n) is 5.70. The fourth-order valence-corrected chi connectivity index (χ4v) is 4.43. The van der Waals surface area contributed by atoms with Crippen LogP contribution in [0.4, 0.5) is 0 Å². The van der Waals surface area contributed by atoms with Gasteiger partial charge in [0.05, 0.1) is 12.2 Å². The summed E-state index contributed by atoms with van der Waals surface area (Å²) in [6.45, 7) is 7.74. The van der Waals surface area contributed by atoms with Crippen LogP contribution in [0.15, 0.2) is 54.6 Å². The predicted octanol–water partition coefficient (Wildman–Crippen LogP) is 4.13. The van der Waals surface area contributed by atoms with Crippen molar-refractivity contribution in [2.75, 3.05) is 0 Å². The smallest absolute Gasteiger partial charge is 0.261 e. The summed E-state index contributed by atoms with van der Waals surface area (Å²) in [7, 11) is -3.09. The van der Waals surface area contributed by atoms with Crippen LogP contribution in [0.5, 0.6) is 5.75 Å². The highest BCUT2D eigenvalue weighted by atomic mass is 31.2. The van der Waals surface area contributed by atoms with Crippen molar-refractivity contribution in [3.8, 4) is 5.75 Å². The molecular weight excluding hydrogens is 295 g/mol. The number of hydrogen-bond donors (Lipinski definition) is 0. The zero-order valence-corrected chi connectivity index (χ0v) is 14.4. The summed E-state index contributed by atoms with van der Waals surface area (Å²) in [6.07, 6.45) is -0.0173. The van der Waals surface area contributed by atoms with E-state index in [4.69, 9.17) is 9.26 Å². The molecule has 2 aromatic rings. The Morgan fingerprint density at radius 1 is 0.773 bits per heavy atom. The highest BCUT2D eigenvalue weighted by Gasteiger charge is 2.29. The van der Waals surface area contributed by atoms with Crippen molar-refractivity contribution < 1.29 is 13.8 Å². The van der Waals surface area contributed by atoms with Gasteiger partial charge in [0.1, 0.15) is 5.75 Å². The molecule has 118 valence electrons. The summed E-state index contributed by atoms with van der Waals surface area (Å²) in [6, 6.07) is 16.7. The molecule has 4 heteroatoms. The third-order valence-electron chi connectivity index (χ3n) is 3.00. The van der Waals surface area contributed by atoms with Crippen LogP contribution in [0.1, 0.15) is 27.7 Å². The van der Waals surface area contributed by atoms with Crippen LogP contribution >= 0.6 is 7.37 Å². The molecule has 0 aromatic heterocycles. The Labute approximate surface area is 132 Å². The van der Waals surface area contributed by atoms with Gasteiger partial charge >= 0.3 is 0 Å². The Hall–Kier alpha value is -1.57. The molecule has 0 saturated heterocycles. The number of ether oxygens (including phenoxy) is 1. The van der Waals surface area contributed by atoms with Gasteiger partial charge < -0.3 is 9.26 Å². The standard InChI is InChI=1S/C18H23O3P/c1-14(2)20-16-10-12-18(13-11-16)22(19,21-15(3)4)17-8-6-5-7-9-17/h5-15H,1-4H3. The number of rotatable bonds is 6. The lowest BCUT2D eigenvalue weighted by Crippen LogP contribution is -2.20. The molecule has 3 nitrogen and oxygen atoms in total. The van der Waals surface area contributed by atoms with Crippen molar-refractivity contribution in [1.82, 2.24) is 0 Å². The second-order valence-corrected chi connectivity index (χ2v) is 8.05. The van der Waals surface area contributed by atoms with Gasteiger partial charge in [0.15, 0.2) is 0 Å². The Bertz CT molecular complexity index is 633. The van der Waals surface area contributed by atoms with Crippen molar-refractivity contribution in [3.05, 3.63) is 54.6 Å². The van der Waals surface area contributed by atoms with Gasteiger partial charge in [0.25, 0.3) is 7.37 Å². The Kier molecular flexibility index (Phi) is 5.44. The van der Waals surface area contributed by atoms with Crippen LogP contribution in [0, 0.1) is 0 Å². The summed E-state index contributed by atoms with van der Waals surface area (Å²) < 4.78 is 25.0. The van der Waals surface area contributed by atoms with E-state index in [2.05, 4.69) is 0 Å². The molecule has 0 aliphatic rings. The second kappa shape index (κ2) is 7.13. The molecule has 0 fully saturated rings. The third-order valence-corrected chi connectivity index (χ3v) is 5.68. The van der Waals surface area contributed by atoms with Gasteiger partial charge in [0.2, 0.25) is 0 Å². The van der Waals surface area contributed by atoms with E-state index < -0.39 is 7.37 Å². The van der Waals surface area contributed by atoms with Gasteiger partial charge in [0, 0.05) is 10.6 Å². The molecule has 2 aromatic carbocycles. The minimum atomic E-state index is -3.09. The van der Waals surface area contributed by atoms with Crippen molar-refractivity contribution in [1.29, 1.82) is 0 Å². The highest BCUT2D eigenvalue weighted by Crippen LogP contribution is 2.46. The molecule has 0 radical (unpaired) electrons. The van der Waals surface area contributed by atoms with Crippen molar-refractivity contribution in [2.45, 2.75) is 39.9 Å². The van der Waals surface area contributed by atoms with E-state index in [1.54, 1.807) is 0 Å². The molecule has 0 saturated carbocycles. The summed E-state index contributed by atoms with van der Waals surface area (Å²) in [5.74, 6) is 0.767. The Balaban J connectivity index is 2.40. The Morgan fingerprint density at radius 3 is 1.82 bits per heavy atom. The molecule has 2 rings (SSSR count). The molecule has 22 heavy (non-hydrogen) atoms. The van der Waals surface area contributed by atoms with Crippen LogP contribution < -0.4 is 15.3 Å². The van der Waals surface area contributed by atoms with Crippen LogP contribution in [0.2, 0.25) is 0 Å².